The van der Waals surface area contributed by atoms with Crippen LogP contribution in [0.15, 0.2) is 18.2 Å². The standard InChI is InChI=1S/C15H20N2O/c1-10-5-3-6-11(2)14(10)16-15(18)17-8-4-7-12-9-13(12)17/h3,5-6,12-13H,4,7-9H2,1-2H3,(H,16,18). The van der Waals surface area contributed by atoms with Crippen molar-refractivity contribution in [3.63, 3.8) is 0 Å². The summed E-state index contributed by atoms with van der Waals surface area (Å²) in [4.78, 5) is 14.4. The second kappa shape index (κ2) is 4.30. The molecular weight excluding hydrogens is 224 g/mol. The number of urea groups is 1. The first-order chi connectivity index (χ1) is 8.66. The maximum absolute atomic E-state index is 12.3. The molecule has 0 spiro atoms. The topological polar surface area (TPSA) is 32.3 Å². The zero-order chi connectivity index (χ0) is 12.7. The van der Waals surface area contributed by atoms with E-state index in [1.807, 2.05) is 36.9 Å². The summed E-state index contributed by atoms with van der Waals surface area (Å²) in [5, 5.41) is 3.09. The molecule has 3 nitrogen and oxygen atoms in total. The molecule has 18 heavy (non-hydrogen) atoms. The average Bonchev–Trinajstić information content (AvgIpc) is 3.12. The molecule has 96 valence electrons. The van der Waals surface area contributed by atoms with Crippen molar-refractivity contribution in [1.82, 2.24) is 4.90 Å². The number of aryl methyl sites for hydroxylation is 2. The molecule has 0 bridgehead atoms. The Morgan fingerprint density at radius 1 is 1.33 bits per heavy atom. The lowest BCUT2D eigenvalue weighted by Gasteiger charge is -2.27. The summed E-state index contributed by atoms with van der Waals surface area (Å²) in [6.07, 6.45) is 3.67. The van der Waals surface area contributed by atoms with Crippen molar-refractivity contribution in [2.45, 2.75) is 39.2 Å². The minimum Gasteiger partial charge on any atom is -0.321 e. The molecule has 1 aliphatic carbocycles. The van der Waals surface area contributed by atoms with E-state index in [9.17, 15) is 4.79 Å². The Balaban J connectivity index is 1.74. The van der Waals surface area contributed by atoms with E-state index in [0.29, 0.717) is 6.04 Å². The van der Waals surface area contributed by atoms with E-state index in [1.54, 1.807) is 0 Å². The molecule has 1 saturated heterocycles. The molecular formula is C15H20N2O. The van der Waals surface area contributed by atoms with Crippen molar-refractivity contribution in [2.24, 2.45) is 5.92 Å². The molecule has 1 aromatic rings. The van der Waals surface area contributed by atoms with Gasteiger partial charge >= 0.3 is 6.03 Å². The number of hydrogen-bond acceptors (Lipinski definition) is 1. The molecule has 2 fully saturated rings. The van der Waals surface area contributed by atoms with E-state index >= 15 is 0 Å². The quantitative estimate of drug-likeness (QED) is 0.807. The first kappa shape index (κ1) is 11.6. The van der Waals surface area contributed by atoms with Gasteiger partial charge < -0.3 is 10.2 Å². The number of nitrogens with zero attached hydrogens (tertiary/aromatic N) is 1. The van der Waals surface area contributed by atoms with Crippen LogP contribution >= 0.6 is 0 Å². The fourth-order valence-corrected chi connectivity index (χ4v) is 3.06. The average molecular weight is 244 g/mol. The molecule has 1 heterocycles. The Labute approximate surface area is 108 Å². The highest BCUT2D eigenvalue weighted by Gasteiger charge is 2.46. The van der Waals surface area contributed by atoms with E-state index in [4.69, 9.17) is 0 Å². The van der Waals surface area contributed by atoms with Gasteiger partial charge in [0.15, 0.2) is 0 Å². The van der Waals surface area contributed by atoms with Gasteiger partial charge in [0.1, 0.15) is 0 Å². The summed E-state index contributed by atoms with van der Waals surface area (Å²) < 4.78 is 0. The van der Waals surface area contributed by atoms with E-state index in [2.05, 4.69) is 5.32 Å². The molecule has 0 radical (unpaired) electrons. The summed E-state index contributed by atoms with van der Waals surface area (Å²) in [6.45, 7) is 5.00. The van der Waals surface area contributed by atoms with Crippen molar-refractivity contribution in [1.29, 1.82) is 0 Å². The Bertz CT molecular complexity index is 463. The fourth-order valence-electron chi connectivity index (χ4n) is 3.06. The molecule has 0 aromatic heterocycles. The number of benzene rings is 1. The Kier molecular flexibility index (Phi) is 2.77. The van der Waals surface area contributed by atoms with Crippen LogP contribution in [0.5, 0.6) is 0 Å². The number of anilines is 1. The lowest BCUT2D eigenvalue weighted by molar-refractivity contribution is 0.195. The smallest absolute Gasteiger partial charge is 0.321 e. The Morgan fingerprint density at radius 3 is 2.78 bits per heavy atom. The normalized spacial score (nSPS) is 25.6. The Hall–Kier alpha value is -1.51. The SMILES string of the molecule is Cc1cccc(C)c1NC(=O)N1CCCC2CC21. The summed E-state index contributed by atoms with van der Waals surface area (Å²) in [5.41, 5.74) is 3.24. The number of nitrogens with one attached hydrogen (secondary N) is 1. The molecule has 2 atom stereocenters. The van der Waals surface area contributed by atoms with E-state index in [1.165, 1.54) is 12.8 Å². The molecule has 2 unspecified atom stereocenters. The summed E-state index contributed by atoms with van der Waals surface area (Å²) in [7, 11) is 0. The third kappa shape index (κ3) is 1.98. The van der Waals surface area contributed by atoms with Crippen LogP contribution in [0.25, 0.3) is 0 Å². The van der Waals surface area contributed by atoms with Gasteiger partial charge in [0.2, 0.25) is 0 Å². The summed E-state index contributed by atoms with van der Waals surface area (Å²) >= 11 is 0. The zero-order valence-electron chi connectivity index (χ0n) is 11.1. The van der Waals surface area contributed by atoms with E-state index in [-0.39, 0.29) is 6.03 Å². The van der Waals surface area contributed by atoms with Crippen molar-refractivity contribution in [2.75, 3.05) is 11.9 Å². The molecule has 2 amide bonds. The number of piperidine rings is 1. The minimum absolute atomic E-state index is 0.0830. The largest absolute Gasteiger partial charge is 0.322 e. The van der Waals surface area contributed by atoms with E-state index < -0.39 is 0 Å². The van der Waals surface area contributed by atoms with Gasteiger partial charge in [-0.1, -0.05) is 18.2 Å². The highest BCUT2D eigenvalue weighted by molar-refractivity contribution is 5.91. The van der Waals surface area contributed by atoms with Gasteiger partial charge in [-0.25, -0.2) is 4.79 Å². The van der Waals surface area contributed by atoms with Crippen molar-refractivity contribution < 1.29 is 4.79 Å². The maximum atomic E-state index is 12.3. The predicted octanol–water partition coefficient (Wildman–Crippen LogP) is 3.32. The molecule has 1 aromatic carbocycles. The second-order valence-corrected chi connectivity index (χ2v) is 5.60. The first-order valence-corrected chi connectivity index (χ1v) is 6.80. The monoisotopic (exact) mass is 244 g/mol. The maximum Gasteiger partial charge on any atom is 0.322 e. The van der Waals surface area contributed by atoms with Gasteiger partial charge in [-0.2, -0.15) is 0 Å². The van der Waals surface area contributed by atoms with Crippen molar-refractivity contribution in [3.8, 4) is 0 Å². The molecule has 2 aliphatic rings. The third-order valence-electron chi connectivity index (χ3n) is 4.23. The van der Waals surface area contributed by atoms with Gasteiger partial charge in [0.25, 0.3) is 0 Å². The van der Waals surface area contributed by atoms with Crippen LogP contribution in [0.1, 0.15) is 30.4 Å². The molecule has 3 heteroatoms. The van der Waals surface area contributed by atoms with Crippen LogP contribution in [-0.2, 0) is 0 Å². The van der Waals surface area contributed by atoms with Gasteiger partial charge in [0, 0.05) is 18.3 Å². The molecule has 3 rings (SSSR count). The van der Waals surface area contributed by atoms with Crippen molar-refractivity contribution in [3.05, 3.63) is 29.3 Å². The highest BCUT2D eigenvalue weighted by Crippen LogP contribution is 2.43. The van der Waals surface area contributed by atoms with Crippen LogP contribution in [0.4, 0.5) is 10.5 Å². The summed E-state index contributed by atoms with van der Waals surface area (Å²) in [5.74, 6) is 0.780. The third-order valence-corrected chi connectivity index (χ3v) is 4.23. The lowest BCUT2D eigenvalue weighted by atomic mass is 10.1. The lowest BCUT2D eigenvalue weighted by Crippen LogP contribution is -2.40. The number of para-hydroxylation sites is 1. The second-order valence-electron chi connectivity index (χ2n) is 5.60. The fraction of sp³-hybridized carbons (Fsp3) is 0.533. The van der Waals surface area contributed by atoms with E-state index in [0.717, 1.165) is 35.7 Å². The number of fused-ring (bicyclic) bond motifs is 1. The number of likely N-dealkylation sites (tertiary alicyclic amines) is 1. The summed E-state index contributed by atoms with van der Waals surface area (Å²) in [6, 6.07) is 6.71. The zero-order valence-corrected chi connectivity index (χ0v) is 11.1. The number of carbonyl (C=O) groups is 1. The van der Waals surface area contributed by atoms with Gasteiger partial charge in [0.05, 0.1) is 0 Å². The van der Waals surface area contributed by atoms with Crippen LogP contribution in [0, 0.1) is 19.8 Å². The minimum atomic E-state index is 0.0830. The van der Waals surface area contributed by atoms with Crippen LogP contribution < -0.4 is 5.32 Å². The first-order valence-electron chi connectivity index (χ1n) is 6.80. The van der Waals surface area contributed by atoms with Gasteiger partial charge in [-0.3, -0.25) is 0 Å². The predicted molar refractivity (Wildman–Crippen MR) is 72.8 cm³/mol. The Morgan fingerprint density at radius 2 is 2.06 bits per heavy atom. The van der Waals surface area contributed by atoms with Crippen LogP contribution in [0.3, 0.4) is 0 Å². The highest BCUT2D eigenvalue weighted by atomic mass is 16.2. The number of carbonyl (C=O) groups excluding carboxylic acids is 1. The van der Waals surface area contributed by atoms with Crippen molar-refractivity contribution >= 4 is 11.7 Å². The number of amides is 2. The molecule has 1 saturated carbocycles. The number of hydrogen-bond donors (Lipinski definition) is 1. The molecule has 1 N–H and O–H groups in total. The van der Waals surface area contributed by atoms with Gasteiger partial charge in [-0.05, 0) is 50.2 Å². The number of rotatable bonds is 1. The molecule has 1 aliphatic heterocycles. The van der Waals surface area contributed by atoms with Crippen LogP contribution in [-0.4, -0.2) is 23.5 Å². The van der Waals surface area contributed by atoms with Gasteiger partial charge in [-0.15, -0.1) is 0 Å². The van der Waals surface area contributed by atoms with Crippen LogP contribution in [0.2, 0.25) is 0 Å².